The van der Waals surface area contributed by atoms with Crippen molar-refractivity contribution in [2.75, 3.05) is 0 Å². The average Bonchev–Trinajstić information content (AvgIpc) is 3.01. The Bertz CT molecular complexity index is 741. The van der Waals surface area contributed by atoms with Gasteiger partial charge in [0.2, 0.25) is 0 Å². The molecule has 5 nitrogen and oxygen atoms in total. The maximum absolute atomic E-state index is 6.86. The first-order valence-electron chi connectivity index (χ1n) is 10.1. The molecule has 0 saturated heterocycles. The fourth-order valence-corrected chi connectivity index (χ4v) is 4.63. The first-order chi connectivity index (χ1) is 12.6. The van der Waals surface area contributed by atoms with Gasteiger partial charge in [0.1, 0.15) is 11.8 Å². The zero-order valence-electron chi connectivity index (χ0n) is 17.9. The second-order valence-corrected chi connectivity index (χ2v) is 14.1. The third kappa shape index (κ3) is 5.30. The first-order valence-corrected chi connectivity index (χ1v) is 13.4. The van der Waals surface area contributed by atoms with Crippen molar-refractivity contribution in [1.29, 1.82) is 0 Å². The van der Waals surface area contributed by atoms with Crippen LogP contribution < -0.4 is 0 Å². The normalized spacial score (nSPS) is 15.3. The van der Waals surface area contributed by atoms with Crippen LogP contribution in [-0.2, 0) is 4.43 Å². The SMILES string of the molecule is CCCCCC[C@H](O[Si](C)(C)C(C)(C)C)[C@H](C)n1cnc2c(Cl)ncnc21. The van der Waals surface area contributed by atoms with Crippen molar-refractivity contribution in [2.24, 2.45) is 0 Å². The summed E-state index contributed by atoms with van der Waals surface area (Å²) in [5.41, 5.74) is 1.43. The molecule has 0 fully saturated rings. The summed E-state index contributed by atoms with van der Waals surface area (Å²) in [7, 11) is -1.88. The van der Waals surface area contributed by atoms with Gasteiger partial charge in [-0.1, -0.05) is 65.0 Å². The van der Waals surface area contributed by atoms with Gasteiger partial charge in [-0.25, -0.2) is 15.0 Å². The Morgan fingerprint density at radius 3 is 2.48 bits per heavy atom. The standard InChI is InChI=1S/C20H35ClN4OSi/c1-8-9-10-11-12-16(26-27(6,7)20(3,4)5)15(2)25-14-24-17-18(21)22-13-23-19(17)25/h13-16H,8-12H2,1-7H3/t15-,16-/m0/s1. The maximum atomic E-state index is 6.86. The van der Waals surface area contributed by atoms with Gasteiger partial charge in [0.05, 0.1) is 18.5 Å². The molecule has 27 heavy (non-hydrogen) atoms. The lowest BCUT2D eigenvalue weighted by molar-refractivity contribution is 0.118. The van der Waals surface area contributed by atoms with Crippen LogP contribution in [0.25, 0.3) is 11.2 Å². The zero-order chi connectivity index (χ0) is 20.2. The van der Waals surface area contributed by atoms with Crippen LogP contribution in [0.2, 0.25) is 23.3 Å². The minimum atomic E-state index is -1.88. The molecule has 7 heteroatoms. The van der Waals surface area contributed by atoms with E-state index in [0.717, 1.165) is 12.1 Å². The van der Waals surface area contributed by atoms with Gasteiger partial charge >= 0.3 is 0 Å². The van der Waals surface area contributed by atoms with Crippen LogP contribution in [-0.4, -0.2) is 33.9 Å². The van der Waals surface area contributed by atoms with Gasteiger partial charge in [-0.15, -0.1) is 0 Å². The molecule has 152 valence electrons. The summed E-state index contributed by atoms with van der Waals surface area (Å²) in [5, 5.41) is 0.576. The van der Waals surface area contributed by atoms with Crippen molar-refractivity contribution in [3.8, 4) is 0 Å². The number of aromatic nitrogens is 4. The molecule has 0 unspecified atom stereocenters. The number of fused-ring (bicyclic) bond motifs is 1. The largest absolute Gasteiger partial charge is 0.412 e. The molecule has 0 bridgehead atoms. The second-order valence-electron chi connectivity index (χ2n) is 9.00. The van der Waals surface area contributed by atoms with Gasteiger partial charge in [0, 0.05) is 0 Å². The van der Waals surface area contributed by atoms with E-state index in [2.05, 4.69) is 67.2 Å². The van der Waals surface area contributed by atoms with Crippen LogP contribution >= 0.6 is 11.6 Å². The quantitative estimate of drug-likeness (QED) is 0.272. The van der Waals surface area contributed by atoms with Crippen molar-refractivity contribution < 1.29 is 4.43 Å². The Morgan fingerprint density at radius 1 is 1.15 bits per heavy atom. The van der Waals surface area contributed by atoms with Crippen LogP contribution in [0.4, 0.5) is 0 Å². The molecule has 2 aromatic heterocycles. The van der Waals surface area contributed by atoms with Crippen molar-refractivity contribution >= 4 is 31.1 Å². The smallest absolute Gasteiger partial charge is 0.192 e. The highest BCUT2D eigenvalue weighted by Gasteiger charge is 2.40. The molecular weight excluding hydrogens is 376 g/mol. The Balaban J connectivity index is 2.28. The Labute approximate surface area is 170 Å². The monoisotopic (exact) mass is 410 g/mol. The minimum absolute atomic E-state index is 0.133. The Hall–Kier alpha value is -0.983. The van der Waals surface area contributed by atoms with Crippen molar-refractivity contribution in [3.05, 3.63) is 17.8 Å². The fourth-order valence-electron chi connectivity index (χ4n) is 3.03. The summed E-state index contributed by atoms with van der Waals surface area (Å²) < 4.78 is 8.96. The lowest BCUT2D eigenvalue weighted by atomic mass is 10.0. The molecule has 0 aliphatic carbocycles. The molecular formula is C20H35ClN4OSi. The zero-order valence-corrected chi connectivity index (χ0v) is 19.7. The molecule has 0 amide bonds. The van der Waals surface area contributed by atoms with E-state index in [1.807, 2.05) is 6.33 Å². The number of unbranched alkanes of at least 4 members (excludes halogenated alkanes) is 3. The summed E-state index contributed by atoms with van der Waals surface area (Å²) >= 11 is 6.19. The van der Waals surface area contributed by atoms with Gasteiger partial charge in [0.25, 0.3) is 0 Å². The predicted octanol–water partition coefficient (Wildman–Crippen LogP) is 6.40. The second kappa shape index (κ2) is 9.01. The predicted molar refractivity (Wildman–Crippen MR) is 116 cm³/mol. The van der Waals surface area contributed by atoms with Crippen LogP contribution in [0, 0.1) is 0 Å². The molecule has 0 aromatic carbocycles. The summed E-state index contributed by atoms with van der Waals surface area (Å²) in [6.07, 6.45) is 9.45. The van der Waals surface area contributed by atoms with E-state index in [4.69, 9.17) is 16.0 Å². The number of hydrogen-bond acceptors (Lipinski definition) is 4. The van der Waals surface area contributed by atoms with Crippen LogP contribution in [0.1, 0.15) is 72.8 Å². The molecule has 2 aromatic rings. The number of nitrogens with zero attached hydrogens (tertiary/aromatic N) is 4. The molecule has 0 spiro atoms. The molecule has 0 aliphatic heterocycles. The van der Waals surface area contributed by atoms with E-state index in [9.17, 15) is 0 Å². The minimum Gasteiger partial charge on any atom is -0.412 e. The highest BCUT2D eigenvalue weighted by Crippen LogP contribution is 2.39. The molecule has 0 N–H and O–H groups in total. The van der Waals surface area contributed by atoms with Gasteiger partial charge in [-0.2, -0.15) is 0 Å². The number of rotatable bonds is 9. The average molecular weight is 411 g/mol. The van der Waals surface area contributed by atoms with Crippen LogP contribution in [0.15, 0.2) is 12.7 Å². The first kappa shape index (κ1) is 22.3. The van der Waals surface area contributed by atoms with Gasteiger partial charge < -0.3 is 8.99 Å². The van der Waals surface area contributed by atoms with Crippen molar-refractivity contribution in [3.63, 3.8) is 0 Å². The van der Waals surface area contributed by atoms with E-state index in [-0.39, 0.29) is 17.2 Å². The topological polar surface area (TPSA) is 52.8 Å². The third-order valence-electron chi connectivity index (χ3n) is 5.89. The van der Waals surface area contributed by atoms with E-state index in [1.54, 1.807) is 0 Å². The van der Waals surface area contributed by atoms with Crippen molar-refractivity contribution in [2.45, 2.75) is 97.0 Å². The maximum Gasteiger partial charge on any atom is 0.192 e. The summed E-state index contributed by atoms with van der Waals surface area (Å²) in [6.45, 7) is 16.0. The highest BCUT2D eigenvalue weighted by atomic mass is 35.5. The fraction of sp³-hybridized carbons (Fsp3) is 0.750. The summed E-state index contributed by atoms with van der Waals surface area (Å²) in [6, 6.07) is 0.136. The van der Waals surface area contributed by atoms with Gasteiger partial charge in [0.15, 0.2) is 19.1 Å². The molecule has 2 atom stereocenters. The molecule has 0 saturated carbocycles. The lowest BCUT2D eigenvalue weighted by Crippen LogP contribution is -2.45. The Kier molecular flexibility index (Phi) is 7.45. The van der Waals surface area contributed by atoms with E-state index >= 15 is 0 Å². The molecule has 2 rings (SSSR count). The van der Waals surface area contributed by atoms with Gasteiger partial charge in [-0.05, 0) is 31.5 Å². The summed E-state index contributed by atoms with van der Waals surface area (Å²) in [4.78, 5) is 12.9. The summed E-state index contributed by atoms with van der Waals surface area (Å²) in [5.74, 6) is 0. The third-order valence-corrected chi connectivity index (χ3v) is 10.7. The number of hydrogen-bond donors (Lipinski definition) is 0. The van der Waals surface area contributed by atoms with E-state index in [1.165, 1.54) is 32.0 Å². The van der Waals surface area contributed by atoms with E-state index < -0.39 is 8.32 Å². The molecule has 2 heterocycles. The van der Waals surface area contributed by atoms with E-state index in [0.29, 0.717) is 10.7 Å². The lowest BCUT2D eigenvalue weighted by Gasteiger charge is -2.41. The Morgan fingerprint density at radius 2 is 1.85 bits per heavy atom. The van der Waals surface area contributed by atoms with Crippen LogP contribution in [0.3, 0.4) is 0 Å². The number of imidazole rings is 1. The molecule has 0 aliphatic rings. The van der Waals surface area contributed by atoms with Crippen LogP contribution in [0.5, 0.6) is 0 Å². The van der Waals surface area contributed by atoms with Gasteiger partial charge in [-0.3, -0.25) is 0 Å². The number of halogens is 1. The molecule has 0 radical (unpaired) electrons. The van der Waals surface area contributed by atoms with Crippen molar-refractivity contribution in [1.82, 2.24) is 19.5 Å². The highest BCUT2D eigenvalue weighted by molar-refractivity contribution is 6.74.